The zero-order chi connectivity index (χ0) is 26.6. The minimum Gasteiger partial charge on any atom is -0.497 e. The van der Waals surface area contributed by atoms with E-state index in [-0.39, 0.29) is 24.8 Å². The molecule has 0 saturated carbocycles. The number of hydrogen-bond donors (Lipinski definition) is 1. The molecule has 4 aromatic rings. The maximum absolute atomic E-state index is 13.8. The fourth-order valence-electron chi connectivity index (χ4n) is 4.11. The van der Waals surface area contributed by atoms with Crippen molar-refractivity contribution in [1.29, 1.82) is 0 Å². The van der Waals surface area contributed by atoms with Crippen molar-refractivity contribution in [2.45, 2.75) is 30.3 Å². The third kappa shape index (κ3) is 5.26. The molecule has 3 aromatic carbocycles. The topological polar surface area (TPSA) is 101 Å². The molecule has 0 radical (unpaired) electrons. The number of fused-ring (bicyclic) bond motifs is 2. The largest absolute Gasteiger partial charge is 0.497 e. The van der Waals surface area contributed by atoms with Crippen molar-refractivity contribution in [3.05, 3.63) is 76.6 Å². The Kier molecular flexibility index (Phi) is 7.41. The number of aromatic nitrogens is 2. The van der Waals surface area contributed by atoms with Gasteiger partial charge in [-0.25, -0.2) is 4.98 Å². The molecule has 0 unspecified atom stereocenters. The van der Waals surface area contributed by atoms with Gasteiger partial charge in [0.25, 0.3) is 5.56 Å². The van der Waals surface area contributed by atoms with Crippen LogP contribution < -0.4 is 29.8 Å². The highest BCUT2D eigenvalue weighted by Gasteiger charge is 2.24. The number of nitrogens with zero attached hydrogens (tertiary/aromatic N) is 2. The minimum atomic E-state index is -0.498. The molecule has 1 amide bonds. The zero-order valence-electron chi connectivity index (χ0n) is 21.2. The van der Waals surface area contributed by atoms with Crippen LogP contribution in [0.1, 0.15) is 18.9 Å². The number of methoxy groups -OCH3 is 2. The van der Waals surface area contributed by atoms with Gasteiger partial charge >= 0.3 is 0 Å². The monoisotopic (exact) mass is 533 g/mol. The molecular formula is C28H27N3O6S. The molecule has 1 aliphatic heterocycles. The summed E-state index contributed by atoms with van der Waals surface area (Å²) in [7, 11) is 3.18. The number of carbonyl (C=O) groups excluding carboxylic acids is 1. The number of ether oxygens (including phenoxy) is 4. The highest BCUT2D eigenvalue weighted by atomic mass is 32.2. The molecule has 10 heteroatoms. The van der Waals surface area contributed by atoms with Crippen molar-refractivity contribution in [2.24, 2.45) is 0 Å². The van der Waals surface area contributed by atoms with Gasteiger partial charge < -0.3 is 24.3 Å². The second-order valence-corrected chi connectivity index (χ2v) is 9.76. The average Bonchev–Trinajstić information content (AvgIpc) is 3.40. The van der Waals surface area contributed by atoms with E-state index in [1.165, 1.54) is 11.8 Å². The first-order valence-corrected chi connectivity index (χ1v) is 13.0. The van der Waals surface area contributed by atoms with Crippen LogP contribution in [0.2, 0.25) is 0 Å². The normalized spacial score (nSPS) is 12.8. The zero-order valence-corrected chi connectivity index (χ0v) is 22.0. The Labute approximate surface area is 223 Å². The van der Waals surface area contributed by atoms with E-state index < -0.39 is 5.25 Å². The molecular weight excluding hydrogens is 506 g/mol. The molecule has 0 aliphatic carbocycles. The molecule has 0 saturated heterocycles. The number of amides is 1. The Morgan fingerprint density at radius 1 is 1.05 bits per heavy atom. The Morgan fingerprint density at radius 3 is 2.50 bits per heavy atom. The van der Waals surface area contributed by atoms with E-state index in [1.54, 1.807) is 43.1 Å². The average molecular weight is 534 g/mol. The number of thioether (sulfide) groups is 1. The molecule has 2 heterocycles. The summed E-state index contributed by atoms with van der Waals surface area (Å²) < 4.78 is 23.1. The van der Waals surface area contributed by atoms with Gasteiger partial charge in [0.15, 0.2) is 16.7 Å². The second-order valence-electron chi connectivity index (χ2n) is 8.59. The standard InChI is InChI=1S/C28H27N3O6S/c1-4-25(26(32)29-18-6-5-7-20(12-18)35-3)38-28-30-22-14-24-23(36-16-37-24)13-21(22)27(33)31(28)15-17-8-10-19(34-2)11-9-17/h5-14,25H,4,15-16H2,1-3H3,(H,29,32)/t25-/m0/s1. The predicted molar refractivity (Wildman–Crippen MR) is 146 cm³/mol. The van der Waals surface area contributed by atoms with Crippen molar-refractivity contribution in [3.8, 4) is 23.0 Å². The number of anilines is 1. The van der Waals surface area contributed by atoms with Crippen molar-refractivity contribution in [2.75, 3.05) is 26.3 Å². The van der Waals surface area contributed by atoms with Gasteiger partial charge in [0.1, 0.15) is 11.5 Å². The van der Waals surface area contributed by atoms with E-state index in [0.717, 1.165) is 11.3 Å². The smallest absolute Gasteiger partial charge is 0.262 e. The van der Waals surface area contributed by atoms with E-state index in [2.05, 4.69) is 5.32 Å². The summed E-state index contributed by atoms with van der Waals surface area (Å²) in [6.07, 6.45) is 0.526. The second kappa shape index (κ2) is 11.1. The Morgan fingerprint density at radius 2 is 1.79 bits per heavy atom. The molecule has 5 rings (SSSR count). The third-order valence-corrected chi connectivity index (χ3v) is 7.52. The van der Waals surface area contributed by atoms with Gasteiger partial charge in [0.2, 0.25) is 12.7 Å². The lowest BCUT2D eigenvalue weighted by molar-refractivity contribution is -0.115. The van der Waals surface area contributed by atoms with Gasteiger partial charge in [-0.05, 0) is 42.3 Å². The molecule has 0 bridgehead atoms. The van der Waals surface area contributed by atoms with Gasteiger partial charge in [-0.15, -0.1) is 0 Å². The van der Waals surface area contributed by atoms with Crippen LogP contribution in [0.4, 0.5) is 5.69 Å². The maximum atomic E-state index is 13.8. The van der Waals surface area contributed by atoms with Crippen molar-refractivity contribution >= 4 is 34.3 Å². The van der Waals surface area contributed by atoms with Crippen LogP contribution in [0.5, 0.6) is 23.0 Å². The number of carbonyl (C=O) groups is 1. The molecule has 38 heavy (non-hydrogen) atoms. The van der Waals surface area contributed by atoms with E-state index in [1.807, 2.05) is 43.3 Å². The van der Waals surface area contributed by atoms with Crippen molar-refractivity contribution in [1.82, 2.24) is 9.55 Å². The van der Waals surface area contributed by atoms with Crippen LogP contribution in [0.15, 0.2) is 70.6 Å². The first kappa shape index (κ1) is 25.5. The predicted octanol–water partition coefficient (Wildman–Crippen LogP) is 4.70. The van der Waals surface area contributed by atoms with Crippen molar-refractivity contribution < 1.29 is 23.7 Å². The SMILES string of the molecule is CC[C@H](Sc1nc2cc3c(cc2c(=O)n1Cc1ccc(OC)cc1)OCO3)C(=O)Nc1cccc(OC)c1. The highest BCUT2D eigenvalue weighted by molar-refractivity contribution is 8.00. The van der Waals surface area contributed by atoms with Gasteiger partial charge in [0, 0.05) is 17.8 Å². The van der Waals surface area contributed by atoms with Gasteiger partial charge in [0.05, 0.1) is 36.9 Å². The van der Waals surface area contributed by atoms with E-state index >= 15 is 0 Å². The first-order chi connectivity index (χ1) is 18.5. The summed E-state index contributed by atoms with van der Waals surface area (Å²) in [5, 5.41) is 3.30. The summed E-state index contributed by atoms with van der Waals surface area (Å²) in [5.41, 5.74) is 1.78. The quantitative estimate of drug-likeness (QED) is 0.244. The van der Waals surface area contributed by atoms with Crippen LogP contribution in [0, 0.1) is 0 Å². The molecule has 1 N–H and O–H groups in total. The Hall–Kier alpha value is -4.18. The van der Waals surface area contributed by atoms with Crippen LogP contribution in [-0.4, -0.2) is 41.7 Å². The molecule has 0 fully saturated rings. The first-order valence-electron chi connectivity index (χ1n) is 12.1. The van der Waals surface area contributed by atoms with Crippen LogP contribution >= 0.6 is 11.8 Å². The maximum Gasteiger partial charge on any atom is 0.262 e. The van der Waals surface area contributed by atoms with Gasteiger partial charge in [-0.3, -0.25) is 14.2 Å². The van der Waals surface area contributed by atoms with E-state index in [0.29, 0.717) is 45.4 Å². The highest BCUT2D eigenvalue weighted by Crippen LogP contribution is 2.36. The summed E-state index contributed by atoms with van der Waals surface area (Å²) in [4.78, 5) is 31.8. The lowest BCUT2D eigenvalue weighted by Gasteiger charge is -2.18. The summed E-state index contributed by atoms with van der Waals surface area (Å²) in [6.45, 7) is 2.29. The van der Waals surface area contributed by atoms with Crippen molar-refractivity contribution in [3.63, 3.8) is 0 Å². The van der Waals surface area contributed by atoms with Crippen LogP contribution in [-0.2, 0) is 11.3 Å². The molecule has 196 valence electrons. The Balaban J connectivity index is 1.51. The molecule has 1 atom stereocenters. The fourth-order valence-corrected chi connectivity index (χ4v) is 5.12. The molecule has 9 nitrogen and oxygen atoms in total. The summed E-state index contributed by atoms with van der Waals surface area (Å²) in [6, 6.07) is 18.0. The molecule has 1 aliphatic rings. The number of hydrogen-bond acceptors (Lipinski definition) is 8. The number of benzene rings is 3. The number of nitrogens with one attached hydrogen (secondary N) is 1. The summed E-state index contributed by atoms with van der Waals surface area (Å²) in [5.74, 6) is 2.22. The lowest BCUT2D eigenvalue weighted by Crippen LogP contribution is -2.28. The van der Waals surface area contributed by atoms with E-state index in [9.17, 15) is 9.59 Å². The van der Waals surface area contributed by atoms with Crippen LogP contribution in [0.3, 0.4) is 0 Å². The third-order valence-electron chi connectivity index (χ3n) is 6.16. The van der Waals surface area contributed by atoms with E-state index in [4.69, 9.17) is 23.9 Å². The lowest BCUT2D eigenvalue weighted by atomic mass is 10.2. The molecule has 1 aromatic heterocycles. The van der Waals surface area contributed by atoms with Crippen LogP contribution in [0.25, 0.3) is 10.9 Å². The molecule has 0 spiro atoms. The fraction of sp³-hybridized carbons (Fsp3) is 0.250. The van der Waals surface area contributed by atoms with Gasteiger partial charge in [-0.2, -0.15) is 0 Å². The Bertz CT molecular complexity index is 1540. The van der Waals surface area contributed by atoms with Gasteiger partial charge in [-0.1, -0.05) is 36.9 Å². The summed E-state index contributed by atoms with van der Waals surface area (Å²) >= 11 is 1.25. The number of rotatable bonds is 9. The minimum absolute atomic E-state index is 0.0929.